The van der Waals surface area contributed by atoms with Crippen molar-refractivity contribution in [2.45, 2.75) is 13.8 Å². The van der Waals surface area contributed by atoms with Gasteiger partial charge in [-0.3, -0.25) is 15.1 Å². The second-order valence-electron chi connectivity index (χ2n) is 7.87. The van der Waals surface area contributed by atoms with Crippen LogP contribution in [0, 0.1) is 0 Å². The van der Waals surface area contributed by atoms with Gasteiger partial charge in [0.05, 0.1) is 30.0 Å². The maximum atomic E-state index is 13.3. The maximum Gasteiger partial charge on any atom is 0.258 e. The lowest BCUT2D eigenvalue weighted by Crippen LogP contribution is -2.12. The number of amides is 1. The number of hydrogen-bond donors (Lipinski definition) is 1. The molecule has 0 saturated heterocycles. The summed E-state index contributed by atoms with van der Waals surface area (Å²) in [6.07, 6.45) is 3.41. The number of aromatic nitrogens is 3. The van der Waals surface area contributed by atoms with Crippen LogP contribution in [-0.4, -0.2) is 34.2 Å². The number of carbonyl (C=O) groups excluding carboxylic acids is 1. The molecule has 0 saturated carbocycles. The number of fused-ring (bicyclic) bond motifs is 1. The second-order valence-corrected chi connectivity index (χ2v) is 7.87. The lowest BCUT2D eigenvalue weighted by Gasteiger charge is -2.11. The lowest BCUT2D eigenvalue weighted by molar-refractivity contribution is 0.102. The first-order chi connectivity index (χ1) is 17.7. The summed E-state index contributed by atoms with van der Waals surface area (Å²) in [5.74, 6) is 1.18. The first kappa shape index (κ1) is 23.0. The summed E-state index contributed by atoms with van der Waals surface area (Å²) in [5, 5.41) is 7.69. The highest BCUT2D eigenvalue weighted by Crippen LogP contribution is 2.33. The van der Waals surface area contributed by atoms with E-state index in [2.05, 4.69) is 15.5 Å². The molecule has 0 fully saturated rings. The van der Waals surface area contributed by atoms with E-state index in [4.69, 9.17) is 19.0 Å². The van der Waals surface area contributed by atoms with Gasteiger partial charge < -0.3 is 14.0 Å². The fourth-order valence-corrected chi connectivity index (χ4v) is 3.89. The monoisotopic (exact) mass is 480 g/mol. The average Bonchev–Trinajstić information content (AvgIpc) is 3.38. The quantitative estimate of drug-likeness (QED) is 0.291. The Hall–Kier alpha value is -4.72. The van der Waals surface area contributed by atoms with Crippen LogP contribution in [-0.2, 0) is 0 Å². The van der Waals surface area contributed by atoms with Crippen LogP contribution >= 0.6 is 0 Å². The molecule has 0 aliphatic heterocycles. The molecule has 8 nitrogen and oxygen atoms in total. The maximum absolute atomic E-state index is 13.3. The number of pyridine rings is 2. The molecule has 5 rings (SSSR count). The normalized spacial score (nSPS) is 10.8. The first-order valence-corrected chi connectivity index (χ1v) is 11.6. The molecule has 0 aliphatic carbocycles. The van der Waals surface area contributed by atoms with Gasteiger partial charge in [0.1, 0.15) is 5.69 Å². The van der Waals surface area contributed by atoms with Crippen LogP contribution in [0.5, 0.6) is 11.5 Å². The Morgan fingerprint density at radius 1 is 0.889 bits per heavy atom. The van der Waals surface area contributed by atoms with Crippen molar-refractivity contribution in [3.63, 3.8) is 0 Å². The molecule has 36 heavy (non-hydrogen) atoms. The molecule has 0 atom stereocenters. The van der Waals surface area contributed by atoms with E-state index in [0.29, 0.717) is 47.2 Å². The van der Waals surface area contributed by atoms with E-state index < -0.39 is 0 Å². The molecular formula is C28H24N4O4. The third-order valence-corrected chi connectivity index (χ3v) is 5.50. The molecule has 0 unspecified atom stereocenters. The summed E-state index contributed by atoms with van der Waals surface area (Å²) in [6, 6.07) is 20.2. The molecule has 0 bridgehead atoms. The summed E-state index contributed by atoms with van der Waals surface area (Å²) < 4.78 is 16.8. The molecule has 0 aliphatic rings. The van der Waals surface area contributed by atoms with Crippen molar-refractivity contribution in [3.8, 4) is 34.0 Å². The number of rotatable bonds is 8. The van der Waals surface area contributed by atoms with Crippen molar-refractivity contribution in [1.82, 2.24) is 15.1 Å². The molecule has 8 heteroatoms. The fraction of sp³-hybridized carbons (Fsp3) is 0.143. The van der Waals surface area contributed by atoms with Crippen LogP contribution in [0.25, 0.3) is 33.4 Å². The average molecular weight is 481 g/mol. The first-order valence-electron chi connectivity index (χ1n) is 11.6. The minimum Gasteiger partial charge on any atom is -0.490 e. The van der Waals surface area contributed by atoms with Crippen molar-refractivity contribution in [2.75, 3.05) is 18.5 Å². The van der Waals surface area contributed by atoms with Crippen molar-refractivity contribution in [2.24, 2.45) is 0 Å². The third-order valence-electron chi connectivity index (χ3n) is 5.50. The molecule has 1 N–H and O–H groups in total. The highest BCUT2D eigenvalue weighted by molar-refractivity contribution is 6.12. The highest BCUT2D eigenvalue weighted by atomic mass is 16.5. The van der Waals surface area contributed by atoms with Crippen molar-refractivity contribution < 1.29 is 18.8 Å². The van der Waals surface area contributed by atoms with Crippen molar-refractivity contribution in [1.29, 1.82) is 0 Å². The van der Waals surface area contributed by atoms with E-state index in [1.807, 2.05) is 68.4 Å². The Balaban J connectivity index is 1.44. The Morgan fingerprint density at radius 3 is 2.53 bits per heavy atom. The molecule has 0 spiro atoms. The van der Waals surface area contributed by atoms with Gasteiger partial charge in [-0.15, -0.1) is 0 Å². The largest absolute Gasteiger partial charge is 0.490 e. The van der Waals surface area contributed by atoms with Gasteiger partial charge in [-0.2, -0.15) is 0 Å². The van der Waals surface area contributed by atoms with Gasteiger partial charge in [0.15, 0.2) is 11.5 Å². The van der Waals surface area contributed by atoms with Gasteiger partial charge in [-0.25, -0.2) is 4.98 Å². The molecule has 2 aromatic carbocycles. The zero-order chi connectivity index (χ0) is 24.9. The van der Waals surface area contributed by atoms with E-state index in [9.17, 15) is 4.79 Å². The van der Waals surface area contributed by atoms with E-state index in [-0.39, 0.29) is 11.8 Å². The van der Waals surface area contributed by atoms with Crippen LogP contribution in [0.2, 0.25) is 0 Å². The zero-order valence-electron chi connectivity index (χ0n) is 19.9. The van der Waals surface area contributed by atoms with Gasteiger partial charge in [0.25, 0.3) is 5.91 Å². The molecule has 3 aromatic heterocycles. The predicted molar refractivity (Wildman–Crippen MR) is 137 cm³/mol. The van der Waals surface area contributed by atoms with Crippen molar-refractivity contribution in [3.05, 3.63) is 84.7 Å². The number of carbonyl (C=O) groups is 1. The summed E-state index contributed by atoms with van der Waals surface area (Å²) in [7, 11) is 0. The Labute approximate surface area is 207 Å². The second kappa shape index (κ2) is 10.3. The number of nitrogens with zero attached hydrogens (tertiary/aromatic N) is 3. The Kier molecular flexibility index (Phi) is 6.57. The number of benzene rings is 2. The molecule has 1 amide bonds. The molecular weight excluding hydrogens is 456 g/mol. The standard InChI is InChI=1S/C28H24N4O4/c1-3-34-25-12-11-18(14-26(25)35-4-2)24-16-27(36-32-24)31-28(33)21-15-23(19-8-7-13-29-17-19)30-22-10-6-5-9-20(21)22/h5-17H,3-4H2,1-2H3,(H,31,33). The molecule has 0 radical (unpaired) electrons. The number of hydrogen-bond acceptors (Lipinski definition) is 7. The highest BCUT2D eigenvalue weighted by Gasteiger charge is 2.17. The van der Waals surface area contributed by atoms with Gasteiger partial charge >= 0.3 is 0 Å². The van der Waals surface area contributed by atoms with Gasteiger partial charge in [-0.05, 0) is 56.3 Å². The molecule has 180 valence electrons. The summed E-state index contributed by atoms with van der Waals surface area (Å²) >= 11 is 0. The van der Waals surface area contributed by atoms with E-state index in [0.717, 1.165) is 16.5 Å². The minimum absolute atomic E-state index is 0.227. The number of ether oxygens (including phenoxy) is 2. The van der Waals surface area contributed by atoms with Crippen LogP contribution < -0.4 is 14.8 Å². The zero-order valence-corrected chi connectivity index (χ0v) is 19.9. The van der Waals surface area contributed by atoms with E-state index in [1.54, 1.807) is 24.5 Å². The minimum atomic E-state index is -0.330. The fourth-order valence-electron chi connectivity index (χ4n) is 3.89. The topological polar surface area (TPSA) is 99.4 Å². The van der Waals surface area contributed by atoms with Crippen molar-refractivity contribution >= 4 is 22.7 Å². The molecule has 3 heterocycles. The summed E-state index contributed by atoms with van der Waals surface area (Å²) in [6.45, 7) is 4.87. The molecule has 5 aromatic rings. The number of nitrogens with one attached hydrogen (secondary N) is 1. The Morgan fingerprint density at radius 2 is 1.72 bits per heavy atom. The van der Waals surface area contributed by atoms with E-state index >= 15 is 0 Å². The SMILES string of the molecule is CCOc1ccc(-c2cc(NC(=O)c3cc(-c4cccnc4)nc4ccccc34)on2)cc1OCC. The van der Waals surface area contributed by atoms with Crippen LogP contribution in [0.3, 0.4) is 0 Å². The lowest BCUT2D eigenvalue weighted by atomic mass is 10.0. The third kappa shape index (κ3) is 4.74. The van der Waals surface area contributed by atoms with Gasteiger partial charge in [-0.1, -0.05) is 23.4 Å². The van der Waals surface area contributed by atoms with E-state index in [1.165, 1.54) is 0 Å². The smallest absolute Gasteiger partial charge is 0.258 e. The summed E-state index contributed by atoms with van der Waals surface area (Å²) in [4.78, 5) is 22.2. The van der Waals surface area contributed by atoms with Crippen LogP contribution in [0.1, 0.15) is 24.2 Å². The van der Waals surface area contributed by atoms with Crippen LogP contribution in [0.4, 0.5) is 5.88 Å². The number of para-hydroxylation sites is 1. The van der Waals surface area contributed by atoms with Gasteiger partial charge in [0, 0.05) is 35.0 Å². The predicted octanol–water partition coefficient (Wildman–Crippen LogP) is 6.00. The Bertz CT molecular complexity index is 1520. The van der Waals surface area contributed by atoms with Crippen LogP contribution in [0.15, 0.2) is 83.6 Å². The van der Waals surface area contributed by atoms with Gasteiger partial charge in [0.2, 0.25) is 5.88 Å². The summed E-state index contributed by atoms with van der Waals surface area (Å²) in [5.41, 5.74) is 3.99. The number of anilines is 1.